The number of hydrogen-bond acceptors (Lipinski definition) is 13. The molecule has 0 radical (unpaired) electrons. The zero-order chi connectivity index (χ0) is 35.0. The highest BCUT2D eigenvalue weighted by atomic mass is 16.6. The lowest BCUT2D eigenvalue weighted by Crippen LogP contribution is -2.74. The fraction of sp³-hybridized carbons (Fsp3) is 0.606. The minimum atomic E-state index is -1.96. The van der Waals surface area contributed by atoms with Crippen molar-refractivity contribution in [2.24, 2.45) is 5.73 Å². The van der Waals surface area contributed by atoms with Gasteiger partial charge in [0, 0.05) is 24.9 Å². The number of likely N-dealkylation sites (N-methyl/N-ethyl adjacent to an activating group) is 1. The molecule has 2 aliphatic heterocycles. The van der Waals surface area contributed by atoms with Crippen molar-refractivity contribution in [1.82, 2.24) is 10.2 Å². The molecule has 2 heterocycles. The summed E-state index contributed by atoms with van der Waals surface area (Å²) >= 11 is 0. The zero-order valence-corrected chi connectivity index (χ0v) is 27.5. The molecule has 4 aliphatic rings. The molecule has 2 aliphatic carbocycles. The van der Waals surface area contributed by atoms with Gasteiger partial charge in [-0.3, -0.25) is 9.59 Å². The fourth-order valence-electron chi connectivity index (χ4n) is 7.62. The summed E-state index contributed by atoms with van der Waals surface area (Å²) in [6.07, 6.45) is -1.07. The predicted octanol–water partition coefficient (Wildman–Crippen LogP) is 0.468. The van der Waals surface area contributed by atoms with Gasteiger partial charge < -0.3 is 49.8 Å². The monoisotopic (exact) mass is 673 g/mol. The van der Waals surface area contributed by atoms with Gasteiger partial charge in [0.2, 0.25) is 12.0 Å². The van der Waals surface area contributed by atoms with E-state index in [9.17, 15) is 34.2 Å². The van der Waals surface area contributed by atoms with Crippen LogP contribution < -0.4 is 20.5 Å². The molecule has 5 rings (SSSR count). The van der Waals surface area contributed by atoms with E-state index in [-0.39, 0.29) is 24.6 Å². The number of nitrogens with zero attached hydrogens (tertiary/aromatic N) is 1. The van der Waals surface area contributed by atoms with Crippen LogP contribution in [0.25, 0.3) is 0 Å². The minimum absolute atomic E-state index is 0.121. The van der Waals surface area contributed by atoms with Crippen LogP contribution in [-0.2, 0) is 50.0 Å². The van der Waals surface area contributed by atoms with Crippen molar-refractivity contribution in [3.8, 4) is 11.5 Å². The SMILES string of the molecule is COc1ccc2c3c1O[C@H]1C(OC(=O)CC(OC(=O)C(C)OC(=O)C(CCCCN)NC(C)=O)C(=O)O)=CC[C@@]4(O)[C@@H](C2)N(C)CC[C@]314. The first-order chi connectivity index (χ1) is 22.8. The van der Waals surface area contributed by atoms with Crippen molar-refractivity contribution in [3.05, 3.63) is 35.1 Å². The van der Waals surface area contributed by atoms with E-state index in [1.165, 1.54) is 21.0 Å². The van der Waals surface area contributed by atoms with Crippen LogP contribution >= 0.6 is 0 Å². The number of nitrogens with two attached hydrogens (primary N) is 1. The third-order valence-corrected chi connectivity index (χ3v) is 9.91. The zero-order valence-electron chi connectivity index (χ0n) is 27.5. The maximum Gasteiger partial charge on any atom is 0.348 e. The molecule has 15 nitrogen and oxygen atoms in total. The molecular weight excluding hydrogens is 630 g/mol. The maximum atomic E-state index is 13.2. The Balaban J connectivity index is 1.28. The van der Waals surface area contributed by atoms with Crippen molar-refractivity contribution in [2.45, 2.75) is 100 Å². The van der Waals surface area contributed by atoms with Crippen LogP contribution in [0.15, 0.2) is 24.0 Å². The van der Waals surface area contributed by atoms with E-state index >= 15 is 0 Å². The summed E-state index contributed by atoms with van der Waals surface area (Å²) in [6.45, 7) is 3.46. The van der Waals surface area contributed by atoms with Gasteiger partial charge in [-0.1, -0.05) is 6.07 Å². The average molecular weight is 674 g/mol. The minimum Gasteiger partial charge on any atom is -0.493 e. The summed E-state index contributed by atoms with van der Waals surface area (Å²) in [5, 5.41) is 24.6. The lowest BCUT2D eigenvalue weighted by Gasteiger charge is -2.61. The summed E-state index contributed by atoms with van der Waals surface area (Å²) < 4.78 is 28.0. The lowest BCUT2D eigenvalue weighted by atomic mass is 9.50. The number of carbonyl (C=O) groups is 5. The topological polar surface area (TPSA) is 213 Å². The van der Waals surface area contributed by atoms with Crippen LogP contribution in [0.3, 0.4) is 0 Å². The van der Waals surface area contributed by atoms with Crippen molar-refractivity contribution >= 4 is 29.8 Å². The highest BCUT2D eigenvalue weighted by molar-refractivity contribution is 5.87. The molecule has 2 bridgehead atoms. The Morgan fingerprint density at radius 3 is 2.58 bits per heavy atom. The van der Waals surface area contributed by atoms with Crippen LogP contribution in [0.5, 0.6) is 11.5 Å². The van der Waals surface area contributed by atoms with Gasteiger partial charge in [-0.15, -0.1) is 0 Å². The second kappa shape index (κ2) is 13.7. The normalized spacial score (nSPS) is 26.8. The smallest absolute Gasteiger partial charge is 0.348 e. The van der Waals surface area contributed by atoms with E-state index in [0.717, 1.165) is 11.1 Å². The molecule has 5 N–H and O–H groups in total. The molecule has 1 aromatic rings. The largest absolute Gasteiger partial charge is 0.493 e. The number of aliphatic hydroxyl groups is 1. The second-order valence-corrected chi connectivity index (χ2v) is 12.8. The van der Waals surface area contributed by atoms with Crippen molar-refractivity contribution in [1.29, 1.82) is 0 Å². The molecule has 1 amide bonds. The molecule has 262 valence electrons. The molecular formula is C33H43N3O12. The molecule has 0 saturated carbocycles. The third-order valence-electron chi connectivity index (χ3n) is 9.91. The Bertz CT molecular complexity index is 1510. The molecule has 1 saturated heterocycles. The lowest BCUT2D eigenvalue weighted by molar-refractivity contribution is -0.180. The number of amides is 1. The second-order valence-electron chi connectivity index (χ2n) is 12.8. The molecule has 15 heteroatoms. The van der Waals surface area contributed by atoms with E-state index in [1.807, 2.05) is 19.2 Å². The molecule has 7 atom stereocenters. The Morgan fingerprint density at radius 1 is 1.17 bits per heavy atom. The summed E-state index contributed by atoms with van der Waals surface area (Å²) in [7, 11) is 3.49. The Kier molecular flexibility index (Phi) is 10.0. The average Bonchev–Trinajstić information content (AvgIpc) is 3.39. The molecule has 1 spiro atoms. The first-order valence-electron chi connectivity index (χ1n) is 16.1. The first-order valence-corrected chi connectivity index (χ1v) is 16.1. The Hall–Kier alpha value is -4.21. The van der Waals surface area contributed by atoms with E-state index in [2.05, 4.69) is 10.2 Å². The number of carboxylic acids is 1. The number of carbonyl (C=O) groups excluding carboxylic acids is 4. The molecule has 1 aromatic carbocycles. The molecule has 48 heavy (non-hydrogen) atoms. The van der Waals surface area contributed by atoms with Crippen molar-refractivity contribution in [3.63, 3.8) is 0 Å². The van der Waals surface area contributed by atoms with Crippen LogP contribution in [0.1, 0.15) is 63.5 Å². The highest BCUT2D eigenvalue weighted by Crippen LogP contribution is 2.65. The number of rotatable bonds is 14. The maximum absolute atomic E-state index is 13.2. The number of piperidine rings is 1. The molecule has 1 fully saturated rings. The molecule has 3 unspecified atom stereocenters. The van der Waals surface area contributed by atoms with Crippen LogP contribution in [0.4, 0.5) is 0 Å². The number of likely N-dealkylation sites (tertiary alicyclic amines) is 1. The van der Waals surface area contributed by atoms with Gasteiger partial charge in [-0.25, -0.2) is 14.4 Å². The van der Waals surface area contributed by atoms with Crippen molar-refractivity contribution < 1.29 is 57.9 Å². The van der Waals surface area contributed by atoms with Gasteiger partial charge in [0.1, 0.15) is 11.8 Å². The third kappa shape index (κ3) is 6.10. The fourth-order valence-corrected chi connectivity index (χ4v) is 7.62. The summed E-state index contributed by atoms with van der Waals surface area (Å²) in [6, 6.07) is 2.51. The highest BCUT2D eigenvalue weighted by Gasteiger charge is 2.72. The first kappa shape index (κ1) is 35.1. The van der Waals surface area contributed by atoms with Gasteiger partial charge in [0.25, 0.3) is 0 Å². The number of unbranched alkanes of at least 4 members (excludes halogenated alkanes) is 1. The van der Waals surface area contributed by atoms with Gasteiger partial charge in [-0.05, 0) is 76.9 Å². The van der Waals surface area contributed by atoms with Gasteiger partial charge in [-0.2, -0.15) is 0 Å². The number of aliphatic carboxylic acids is 1. The number of benzene rings is 1. The molecule has 0 aromatic heterocycles. The van der Waals surface area contributed by atoms with Crippen LogP contribution in [0.2, 0.25) is 0 Å². The van der Waals surface area contributed by atoms with Gasteiger partial charge in [0.15, 0.2) is 23.7 Å². The van der Waals surface area contributed by atoms with E-state index < -0.39 is 71.6 Å². The van der Waals surface area contributed by atoms with Crippen LogP contribution in [0, 0.1) is 0 Å². The number of ether oxygens (including phenoxy) is 5. The summed E-state index contributed by atoms with van der Waals surface area (Å²) in [5.41, 5.74) is 5.16. The standard InChI is InChI=1S/C33H43N3O12/c1-17(45-31(42)20(35-18(2)37)7-5-6-13-34)30(41)47-23(29(39)40)16-25(38)46-22-10-11-33(43)24-15-19-8-9-21(44-4)27-26(19)32(33,28(22)48-27)12-14-36(24)3/h8-10,17,20,23-24,28,43H,5-7,11-16,34H2,1-4H3,(H,35,37)(H,39,40)/t17?,20?,23?,24-,28+,32+,33-/m1/s1. The summed E-state index contributed by atoms with van der Waals surface area (Å²) in [5.74, 6) is -4.14. The number of methoxy groups -OCH3 is 1. The number of hydrogen-bond donors (Lipinski definition) is 4. The summed E-state index contributed by atoms with van der Waals surface area (Å²) in [4.78, 5) is 64.4. The van der Waals surface area contributed by atoms with E-state index in [0.29, 0.717) is 50.3 Å². The van der Waals surface area contributed by atoms with Gasteiger partial charge >= 0.3 is 23.9 Å². The predicted molar refractivity (Wildman–Crippen MR) is 166 cm³/mol. The number of esters is 3. The number of carboxylic acid groups (broad SMARTS) is 1. The number of nitrogens with one attached hydrogen (secondary N) is 1. The van der Waals surface area contributed by atoms with E-state index in [4.69, 9.17) is 29.4 Å². The van der Waals surface area contributed by atoms with E-state index in [1.54, 1.807) is 6.08 Å². The Labute approximate surface area is 277 Å². The quantitative estimate of drug-likeness (QED) is 0.120. The van der Waals surface area contributed by atoms with Crippen LogP contribution in [-0.4, -0.2) is 108 Å². The van der Waals surface area contributed by atoms with Crippen molar-refractivity contribution in [2.75, 3.05) is 27.2 Å². The van der Waals surface area contributed by atoms with Gasteiger partial charge in [0.05, 0.1) is 24.5 Å². The Morgan fingerprint density at radius 2 is 1.92 bits per heavy atom.